The summed E-state index contributed by atoms with van der Waals surface area (Å²) in [6.07, 6.45) is 1.41. The summed E-state index contributed by atoms with van der Waals surface area (Å²) < 4.78 is 0. The lowest BCUT2D eigenvalue weighted by Gasteiger charge is -2.06. The second-order valence-corrected chi connectivity index (χ2v) is 4.19. The minimum Gasteiger partial charge on any atom is -0.478 e. The molecule has 1 amide bonds. The number of anilines is 1. The molecule has 104 valence electrons. The number of carboxylic acids is 1. The van der Waals surface area contributed by atoms with Gasteiger partial charge in [-0.1, -0.05) is 0 Å². The van der Waals surface area contributed by atoms with E-state index in [2.05, 4.69) is 25.7 Å². The van der Waals surface area contributed by atoms with E-state index in [0.717, 1.165) is 0 Å². The first-order chi connectivity index (χ1) is 10.1. The third-order valence-corrected chi connectivity index (χ3v) is 2.85. The van der Waals surface area contributed by atoms with Crippen LogP contribution in [0.1, 0.15) is 20.7 Å². The quantitative estimate of drug-likeness (QED) is 0.666. The lowest BCUT2D eigenvalue weighted by Crippen LogP contribution is -2.16. The van der Waals surface area contributed by atoms with Crippen LogP contribution in [0.3, 0.4) is 0 Å². The lowest BCUT2D eigenvalue weighted by molar-refractivity contribution is 0.0697. The Hall–Kier alpha value is -3.29. The van der Waals surface area contributed by atoms with E-state index in [0.29, 0.717) is 16.6 Å². The van der Waals surface area contributed by atoms with E-state index < -0.39 is 11.9 Å². The van der Waals surface area contributed by atoms with E-state index in [4.69, 9.17) is 5.11 Å². The molecule has 0 saturated heterocycles. The number of nitrogens with zero attached hydrogens (tertiary/aromatic N) is 3. The van der Waals surface area contributed by atoms with Crippen molar-refractivity contribution in [2.45, 2.75) is 0 Å². The van der Waals surface area contributed by atoms with Gasteiger partial charge < -0.3 is 10.4 Å². The normalized spacial score (nSPS) is 10.5. The van der Waals surface area contributed by atoms with Gasteiger partial charge in [0.15, 0.2) is 0 Å². The molecular formula is C13H9N5O3. The molecule has 0 saturated carbocycles. The molecule has 0 aliphatic carbocycles. The molecule has 0 spiro atoms. The highest BCUT2D eigenvalue weighted by molar-refractivity contribution is 6.08. The highest BCUT2D eigenvalue weighted by Gasteiger charge is 2.15. The SMILES string of the molecule is O=C(Nc1ncccc1C(=O)O)c1ccc2n[nH]nc2c1. The van der Waals surface area contributed by atoms with Crippen molar-refractivity contribution < 1.29 is 14.7 Å². The average molecular weight is 283 g/mol. The molecule has 3 N–H and O–H groups in total. The van der Waals surface area contributed by atoms with Crippen molar-refractivity contribution in [1.82, 2.24) is 20.4 Å². The molecule has 3 rings (SSSR count). The Labute approximate surface area is 117 Å². The molecule has 8 nitrogen and oxygen atoms in total. The third-order valence-electron chi connectivity index (χ3n) is 2.85. The monoisotopic (exact) mass is 283 g/mol. The van der Waals surface area contributed by atoms with Gasteiger partial charge in [0.1, 0.15) is 22.4 Å². The molecule has 0 atom stereocenters. The molecule has 0 aliphatic rings. The fourth-order valence-electron chi connectivity index (χ4n) is 1.84. The van der Waals surface area contributed by atoms with Gasteiger partial charge in [-0.25, -0.2) is 9.78 Å². The van der Waals surface area contributed by atoms with Gasteiger partial charge in [0, 0.05) is 11.8 Å². The van der Waals surface area contributed by atoms with Crippen LogP contribution in [0, 0.1) is 0 Å². The van der Waals surface area contributed by atoms with Gasteiger partial charge in [-0.3, -0.25) is 4.79 Å². The number of carboxylic acid groups (broad SMARTS) is 1. The zero-order chi connectivity index (χ0) is 14.8. The third kappa shape index (κ3) is 2.41. The van der Waals surface area contributed by atoms with E-state index in [1.54, 1.807) is 18.2 Å². The Bertz CT molecular complexity index is 842. The fourth-order valence-corrected chi connectivity index (χ4v) is 1.84. The van der Waals surface area contributed by atoms with Crippen LogP contribution in [0.5, 0.6) is 0 Å². The van der Waals surface area contributed by atoms with Crippen LogP contribution >= 0.6 is 0 Å². The van der Waals surface area contributed by atoms with Gasteiger partial charge in [0.05, 0.1) is 0 Å². The number of hydrogen-bond donors (Lipinski definition) is 3. The van der Waals surface area contributed by atoms with Gasteiger partial charge in [0.25, 0.3) is 5.91 Å². The summed E-state index contributed by atoms with van der Waals surface area (Å²) in [4.78, 5) is 27.1. The molecule has 8 heteroatoms. The van der Waals surface area contributed by atoms with Gasteiger partial charge in [0.2, 0.25) is 0 Å². The maximum atomic E-state index is 12.2. The van der Waals surface area contributed by atoms with E-state index in [1.807, 2.05) is 0 Å². The minimum atomic E-state index is -1.16. The summed E-state index contributed by atoms with van der Waals surface area (Å²) >= 11 is 0. The smallest absolute Gasteiger partial charge is 0.339 e. The first-order valence-corrected chi connectivity index (χ1v) is 5.95. The molecule has 0 aliphatic heterocycles. The second kappa shape index (κ2) is 5.00. The van der Waals surface area contributed by atoms with Crippen molar-refractivity contribution in [2.24, 2.45) is 0 Å². The Morgan fingerprint density at radius 2 is 1.95 bits per heavy atom. The Morgan fingerprint density at radius 1 is 1.14 bits per heavy atom. The largest absolute Gasteiger partial charge is 0.478 e. The standard InChI is InChI=1S/C13H9N5O3/c19-12(7-3-4-9-10(6-7)17-18-16-9)15-11-8(13(20)21)2-1-5-14-11/h1-6H,(H,20,21)(H,14,15,19)(H,16,17,18). The average Bonchev–Trinajstić information content (AvgIpc) is 2.94. The number of aromatic nitrogens is 4. The topological polar surface area (TPSA) is 121 Å². The van der Waals surface area contributed by atoms with Crippen LogP contribution in [-0.2, 0) is 0 Å². The summed E-state index contributed by atoms with van der Waals surface area (Å²) in [5.41, 5.74) is 1.43. The summed E-state index contributed by atoms with van der Waals surface area (Å²) in [5.74, 6) is -1.64. The van der Waals surface area contributed by atoms with Crippen molar-refractivity contribution in [3.8, 4) is 0 Å². The Kier molecular flexibility index (Phi) is 3.03. The highest BCUT2D eigenvalue weighted by Crippen LogP contribution is 2.15. The number of H-pyrrole nitrogens is 1. The van der Waals surface area contributed by atoms with Crippen LogP contribution in [0.15, 0.2) is 36.5 Å². The maximum absolute atomic E-state index is 12.2. The molecule has 1 aromatic carbocycles. The van der Waals surface area contributed by atoms with Crippen LogP contribution in [-0.4, -0.2) is 37.4 Å². The second-order valence-electron chi connectivity index (χ2n) is 4.19. The van der Waals surface area contributed by atoms with Gasteiger partial charge in [-0.05, 0) is 30.3 Å². The van der Waals surface area contributed by atoms with Crippen molar-refractivity contribution in [3.05, 3.63) is 47.7 Å². The highest BCUT2D eigenvalue weighted by atomic mass is 16.4. The molecule has 2 heterocycles. The molecule has 21 heavy (non-hydrogen) atoms. The number of rotatable bonds is 3. The number of carbonyl (C=O) groups excluding carboxylic acids is 1. The fraction of sp³-hybridized carbons (Fsp3) is 0. The van der Waals surface area contributed by atoms with Gasteiger partial charge in [-0.2, -0.15) is 15.4 Å². The van der Waals surface area contributed by atoms with E-state index >= 15 is 0 Å². The molecule has 2 aromatic heterocycles. The zero-order valence-corrected chi connectivity index (χ0v) is 10.6. The first kappa shape index (κ1) is 12.7. The summed E-state index contributed by atoms with van der Waals surface area (Å²) in [7, 11) is 0. The maximum Gasteiger partial charge on any atom is 0.339 e. The van der Waals surface area contributed by atoms with Crippen LogP contribution in [0.2, 0.25) is 0 Å². The van der Waals surface area contributed by atoms with Crippen LogP contribution < -0.4 is 5.32 Å². The number of pyridine rings is 1. The number of nitrogens with one attached hydrogen (secondary N) is 2. The number of hydrogen-bond acceptors (Lipinski definition) is 5. The van der Waals surface area contributed by atoms with E-state index in [-0.39, 0.29) is 11.4 Å². The Morgan fingerprint density at radius 3 is 2.76 bits per heavy atom. The summed E-state index contributed by atoms with van der Waals surface area (Å²) in [6.45, 7) is 0. The summed E-state index contributed by atoms with van der Waals surface area (Å²) in [5, 5.41) is 21.8. The molecule has 3 aromatic rings. The number of fused-ring (bicyclic) bond motifs is 1. The van der Waals surface area contributed by atoms with E-state index in [1.165, 1.54) is 18.3 Å². The van der Waals surface area contributed by atoms with Crippen molar-refractivity contribution >= 4 is 28.7 Å². The molecule has 0 fully saturated rings. The Balaban J connectivity index is 1.91. The van der Waals surface area contributed by atoms with Gasteiger partial charge >= 0.3 is 5.97 Å². The van der Waals surface area contributed by atoms with Crippen LogP contribution in [0.25, 0.3) is 11.0 Å². The molecule has 0 unspecified atom stereocenters. The molecule has 0 bridgehead atoms. The lowest BCUT2D eigenvalue weighted by atomic mass is 10.2. The minimum absolute atomic E-state index is 0.00440. The number of benzene rings is 1. The number of carbonyl (C=O) groups is 2. The van der Waals surface area contributed by atoms with E-state index in [9.17, 15) is 9.59 Å². The number of amides is 1. The van der Waals surface area contributed by atoms with Crippen molar-refractivity contribution in [3.63, 3.8) is 0 Å². The number of aromatic amines is 1. The molecule has 0 radical (unpaired) electrons. The number of aromatic carboxylic acids is 1. The molecular weight excluding hydrogens is 274 g/mol. The predicted octanol–water partition coefficient (Wildman–Crippen LogP) is 1.30. The zero-order valence-electron chi connectivity index (χ0n) is 10.6. The van der Waals surface area contributed by atoms with Crippen molar-refractivity contribution in [1.29, 1.82) is 0 Å². The van der Waals surface area contributed by atoms with Crippen molar-refractivity contribution in [2.75, 3.05) is 5.32 Å². The van der Waals surface area contributed by atoms with Gasteiger partial charge in [-0.15, -0.1) is 0 Å². The first-order valence-electron chi connectivity index (χ1n) is 5.95. The summed E-state index contributed by atoms with van der Waals surface area (Å²) in [6, 6.07) is 7.62. The van der Waals surface area contributed by atoms with Crippen LogP contribution in [0.4, 0.5) is 5.82 Å². The predicted molar refractivity (Wildman–Crippen MR) is 73.0 cm³/mol.